The molecule has 1 aliphatic rings. The van der Waals surface area contributed by atoms with Crippen molar-refractivity contribution in [3.8, 4) is 0 Å². The minimum atomic E-state index is -0.526. The molecular weight excluding hydrogens is 296 g/mol. The van der Waals surface area contributed by atoms with Crippen LogP contribution in [0.3, 0.4) is 0 Å². The van der Waals surface area contributed by atoms with Crippen molar-refractivity contribution >= 4 is 5.91 Å². The molecule has 2 aromatic rings. The van der Waals surface area contributed by atoms with Gasteiger partial charge in [0, 0.05) is 38.6 Å². The molecule has 7 heteroatoms. The van der Waals surface area contributed by atoms with Crippen molar-refractivity contribution in [3.63, 3.8) is 0 Å². The van der Waals surface area contributed by atoms with E-state index in [0.29, 0.717) is 6.54 Å². The average molecular weight is 314 g/mol. The largest absolute Gasteiger partial charge is 0.347 e. The average Bonchev–Trinajstić information content (AvgIpc) is 3.01. The van der Waals surface area contributed by atoms with Gasteiger partial charge >= 0.3 is 5.69 Å². The first-order valence-corrected chi connectivity index (χ1v) is 7.49. The highest BCUT2D eigenvalue weighted by atomic mass is 16.2. The van der Waals surface area contributed by atoms with Crippen molar-refractivity contribution in [1.82, 2.24) is 19.4 Å². The Bertz CT molecular complexity index is 895. The van der Waals surface area contributed by atoms with E-state index in [1.54, 1.807) is 6.20 Å². The number of hydrogen-bond acceptors (Lipinski definition) is 4. The number of carbonyl (C=O) groups is 1. The summed E-state index contributed by atoms with van der Waals surface area (Å²) in [6, 6.07) is 3.22. The molecule has 2 aromatic heterocycles. The number of nitrogens with zero attached hydrogens (tertiary/aromatic N) is 3. The molecule has 0 spiro atoms. The fourth-order valence-corrected chi connectivity index (χ4v) is 2.80. The monoisotopic (exact) mass is 314 g/mol. The first kappa shape index (κ1) is 15.2. The first-order valence-electron chi connectivity index (χ1n) is 7.49. The van der Waals surface area contributed by atoms with Crippen LogP contribution in [0.1, 0.15) is 33.7 Å². The van der Waals surface area contributed by atoms with Crippen LogP contribution in [0.25, 0.3) is 0 Å². The number of nitrogens with one attached hydrogen (secondary N) is 1. The van der Waals surface area contributed by atoms with Crippen LogP contribution < -0.4 is 16.6 Å². The number of rotatable bonds is 3. The quantitative estimate of drug-likeness (QED) is 0.857. The smallest absolute Gasteiger partial charge is 0.331 e. The summed E-state index contributed by atoms with van der Waals surface area (Å²) in [7, 11) is 2.84. The molecule has 2 heterocycles. The zero-order valence-corrected chi connectivity index (χ0v) is 13.1. The highest BCUT2D eigenvalue weighted by Crippen LogP contribution is 2.20. The number of carbonyl (C=O) groups excluding carboxylic acids is 1. The van der Waals surface area contributed by atoms with Crippen molar-refractivity contribution < 1.29 is 4.79 Å². The third-order valence-electron chi connectivity index (χ3n) is 4.19. The normalized spacial score (nSPS) is 13.0. The van der Waals surface area contributed by atoms with Gasteiger partial charge in [-0.2, -0.15) is 0 Å². The standard InChI is InChI=1S/C16H18N4O3/c1-19-13(7-14(21)20(2)16(19)23)15(22)18-9-10-6-11-4-3-5-12(11)17-8-10/h6-8H,3-5,9H2,1-2H3,(H,18,22). The van der Waals surface area contributed by atoms with Crippen molar-refractivity contribution in [2.75, 3.05) is 0 Å². The molecule has 0 fully saturated rings. The molecule has 0 atom stereocenters. The number of aryl methyl sites for hydroxylation is 2. The Morgan fingerprint density at radius 1 is 1.22 bits per heavy atom. The van der Waals surface area contributed by atoms with Crippen LogP contribution in [-0.4, -0.2) is 20.0 Å². The van der Waals surface area contributed by atoms with Gasteiger partial charge in [0.25, 0.3) is 11.5 Å². The minimum absolute atomic E-state index is 0.0484. The van der Waals surface area contributed by atoms with Gasteiger partial charge in [0.1, 0.15) is 5.69 Å². The van der Waals surface area contributed by atoms with Crippen LogP contribution in [0.5, 0.6) is 0 Å². The predicted octanol–water partition coefficient (Wildman–Crippen LogP) is -0.102. The SMILES string of the molecule is Cn1c(C(=O)NCc2cnc3c(c2)CCC3)cc(=O)n(C)c1=O. The maximum atomic E-state index is 12.2. The van der Waals surface area contributed by atoms with E-state index in [0.717, 1.165) is 45.7 Å². The van der Waals surface area contributed by atoms with Crippen LogP contribution in [0, 0.1) is 0 Å². The Labute approximate surface area is 132 Å². The van der Waals surface area contributed by atoms with Gasteiger partial charge in [-0.25, -0.2) is 4.79 Å². The Hall–Kier alpha value is -2.70. The van der Waals surface area contributed by atoms with Gasteiger partial charge in [0.15, 0.2) is 0 Å². The van der Waals surface area contributed by atoms with Gasteiger partial charge in [-0.1, -0.05) is 6.07 Å². The molecule has 3 rings (SSSR count). The van der Waals surface area contributed by atoms with Crippen LogP contribution >= 0.6 is 0 Å². The van der Waals surface area contributed by atoms with Crippen LogP contribution in [0.2, 0.25) is 0 Å². The Kier molecular flexibility index (Phi) is 3.85. The highest BCUT2D eigenvalue weighted by Gasteiger charge is 2.15. The van der Waals surface area contributed by atoms with Gasteiger partial charge in [-0.15, -0.1) is 0 Å². The lowest BCUT2D eigenvalue weighted by atomic mass is 10.1. The topological polar surface area (TPSA) is 86.0 Å². The van der Waals surface area contributed by atoms with Gasteiger partial charge in [0.05, 0.1) is 0 Å². The van der Waals surface area contributed by atoms with E-state index >= 15 is 0 Å². The molecule has 1 N–H and O–H groups in total. The first-order chi connectivity index (χ1) is 11.0. The molecule has 7 nitrogen and oxygen atoms in total. The Morgan fingerprint density at radius 3 is 2.78 bits per heavy atom. The molecule has 0 unspecified atom stereocenters. The van der Waals surface area contributed by atoms with Crippen molar-refractivity contribution in [2.24, 2.45) is 14.1 Å². The van der Waals surface area contributed by atoms with Crippen molar-refractivity contribution in [2.45, 2.75) is 25.8 Å². The summed E-state index contributed by atoms with van der Waals surface area (Å²) < 4.78 is 2.12. The van der Waals surface area contributed by atoms with Gasteiger partial charge in [0.2, 0.25) is 0 Å². The van der Waals surface area contributed by atoms with Crippen LogP contribution in [-0.2, 0) is 33.5 Å². The molecule has 0 saturated carbocycles. The highest BCUT2D eigenvalue weighted by molar-refractivity contribution is 5.92. The van der Waals surface area contributed by atoms with E-state index in [9.17, 15) is 14.4 Å². The molecule has 1 aliphatic carbocycles. The van der Waals surface area contributed by atoms with Crippen LogP contribution in [0.4, 0.5) is 0 Å². The number of fused-ring (bicyclic) bond motifs is 1. The molecule has 0 aliphatic heterocycles. The lowest BCUT2D eigenvalue weighted by molar-refractivity contribution is 0.0940. The van der Waals surface area contributed by atoms with E-state index in [2.05, 4.69) is 16.4 Å². The van der Waals surface area contributed by atoms with E-state index in [1.807, 2.05) is 0 Å². The van der Waals surface area contributed by atoms with Gasteiger partial charge in [-0.3, -0.25) is 23.7 Å². The second-order valence-electron chi connectivity index (χ2n) is 5.75. The maximum Gasteiger partial charge on any atom is 0.331 e. The molecule has 1 amide bonds. The fraction of sp³-hybridized carbons (Fsp3) is 0.375. The molecule has 0 bridgehead atoms. The summed E-state index contributed by atoms with van der Waals surface area (Å²) in [4.78, 5) is 40.2. The lowest BCUT2D eigenvalue weighted by Gasteiger charge is -2.10. The van der Waals surface area contributed by atoms with E-state index in [4.69, 9.17) is 0 Å². The molecule has 0 saturated heterocycles. The number of aromatic nitrogens is 3. The summed E-state index contributed by atoms with van der Waals surface area (Å²) in [6.07, 6.45) is 4.91. The molecular formula is C16H18N4O3. The third kappa shape index (κ3) is 2.81. The molecule has 23 heavy (non-hydrogen) atoms. The summed E-state index contributed by atoms with van der Waals surface area (Å²) in [5, 5.41) is 2.73. The number of hydrogen-bond donors (Lipinski definition) is 1. The molecule has 120 valence electrons. The second-order valence-corrected chi connectivity index (χ2v) is 5.75. The van der Waals surface area contributed by atoms with Crippen molar-refractivity contribution in [3.05, 3.63) is 61.7 Å². The van der Waals surface area contributed by atoms with E-state index in [-0.39, 0.29) is 5.69 Å². The summed E-state index contributed by atoms with van der Waals surface area (Å²) in [5.41, 5.74) is 2.30. The van der Waals surface area contributed by atoms with E-state index < -0.39 is 17.2 Å². The summed E-state index contributed by atoms with van der Waals surface area (Å²) in [6.45, 7) is 0.308. The fourth-order valence-electron chi connectivity index (χ4n) is 2.80. The van der Waals surface area contributed by atoms with Gasteiger partial charge in [-0.05, 0) is 30.4 Å². The summed E-state index contributed by atoms with van der Waals surface area (Å²) >= 11 is 0. The molecule has 0 radical (unpaired) electrons. The third-order valence-corrected chi connectivity index (χ3v) is 4.19. The zero-order chi connectivity index (χ0) is 16.6. The number of pyridine rings is 1. The van der Waals surface area contributed by atoms with Crippen LogP contribution in [0.15, 0.2) is 27.9 Å². The maximum absolute atomic E-state index is 12.2. The number of amides is 1. The second kappa shape index (κ2) is 5.83. The van der Waals surface area contributed by atoms with Gasteiger partial charge < -0.3 is 5.32 Å². The Morgan fingerprint density at radius 2 is 2.00 bits per heavy atom. The zero-order valence-electron chi connectivity index (χ0n) is 13.1. The van der Waals surface area contributed by atoms with Crippen molar-refractivity contribution in [1.29, 1.82) is 0 Å². The Balaban J connectivity index is 1.78. The minimum Gasteiger partial charge on any atom is -0.347 e. The van der Waals surface area contributed by atoms with E-state index in [1.165, 1.54) is 19.7 Å². The predicted molar refractivity (Wildman–Crippen MR) is 84.4 cm³/mol. The summed E-state index contributed by atoms with van der Waals surface area (Å²) in [5.74, 6) is -0.456. The lowest BCUT2D eigenvalue weighted by Crippen LogP contribution is -2.41. The molecule has 0 aromatic carbocycles.